The molecule has 104 valence electrons. The van der Waals surface area contributed by atoms with E-state index in [1.807, 2.05) is 32.4 Å². The Balaban J connectivity index is 1.84. The van der Waals surface area contributed by atoms with Gasteiger partial charge in [-0.2, -0.15) is 0 Å². The van der Waals surface area contributed by atoms with Gasteiger partial charge in [-0.1, -0.05) is 24.3 Å². The fourth-order valence-corrected chi connectivity index (χ4v) is 3.58. The Morgan fingerprint density at radius 3 is 2.90 bits per heavy atom. The number of imidazole rings is 1. The summed E-state index contributed by atoms with van der Waals surface area (Å²) in [5.74, 6) is 0.0570. The number of rotatable bonds is 1. The van der Waals surface area contributed by atoms with Crippen molar-refractivity contribution < 1.29 is 9.84 Å². The minimum Gasteiger partial charge on any atom is -0.390 e. The summed E-state index contributed by atoms with van der Waals surface area (Å²) in [7, 11) is 0. The SMILES string of the molecule is CC1(C)OC[C@@H](C2c3ccccc3-c3cncn32)[C@H]1O. The van der Waals surface area contributed by atoms with E-state index >= 15 is 0 Å². The van der Waals surface area contributed by atoms with Crippen LogP contribution < -0.4 is 0 Å². The average Bonchev–Trinajstić information content (AvgIpc) is 3.07. The molecule has 4 nitrogen and oxygen atoms in total. The summed E-state index contributed by atoms with van der Waals surface area (Å²) in [6.07, 6.45) is 3.28. The highest BCUT2D eigenvalue weighted by atomic mass is 16.5. The zero-order chi connectivity index (χ0) is 13.9. The van der Waals surface area contributed by atoms with Gasteiger partial charge < -0.3 is 14.4 Å². The van der Waals surface area contributed by atoms with Crippen molar-refractivity contribution in [1.29, 1.82) is 0 Å². The van der Waals surface area contributed by atoms with Gasteiger partial charge in [0.2, 0.25) is 0 Å². The second-order valence-electron chi connectivity index (χ2n) is 6.24. The first kappa shape index (κ1) is 12.1. The van der Waals surface area contributed by atoms with Gasteiger partial charge in [0.1, 0.15) is 0 Å². The van der Waals surface area contributed by atoms with Crippen molar-refractivity contribution >= 4 is 0 Å². The van der Waals surface area contributed by atoms with Crippen LogP contribution in [-0.4, -0.2) is 33.0 Å². The van der Waals surface area contributed by atoms with E-state index in [0.29, 0.717) is 6.61 Å². The molecule has 1 fully saturated rings. The minimum atomic E-state index is -0.483. The van der Waals surface area contributed by atoms with E-state index in [1.54, 1.807) is 0 Å². The molecule has 2 aliphatic heterocycles. The van der Waals surface area contributed by atoms with Crippen molar-refractivity contribution in [2.45, 2.75) is 31.6 Å². The maximum Gasteiger partial charge on any atom is 0.0956 e. The standard InChI is InChI=1S/C16H18N2O2/c1-16(2)15(19)12(8-20-16)14-11-6-4-3-5-10(11)13-7-17-9-18(13)14/h3-7,9,12,14-15,19H,8H2,1-2H3/t12-,14?,15+/m0/s1. The van der Waals surface area contributed by atoms with Gasteiger partial charge in [0.05, 0.1) is 42.6 Å². The number of ether oxygens (including phenoxy) is 1. The predicted molar refractivity (Wildman–Crippen MR) is 75.3 cm³/mol. The number of aromatic nitrogens is 2. The third kappa shape index (κ3) is 1.46. The average molecular weight is 270 g/mol. The van der Waals surface area contributed by atoms with Crippen LogP contribution in [0.3, 0.4) is 0 Å². The van der Waals surface area contributed by atoms with E-state index in [-0.39, 0.29) is 12.0 Å². The van der Waals surface area contributed by atoms with Gasteiger partial charge >= 0.3 is 0 Å². The van der Waals surface area contributed by atoms with Crippen LogP contribution in [0, 0.1) is 5.92 Å². The topological polar surface area (TPSA) is 47.3 Å². The molecule has 1 N–H and O–H groups in total. The third-order valence-corrected chi connectivity index (χ3v) is 4.69. The maximum absolute atomic E-state index is 10.6. The lowest BCUT2D eigenvalue weighted by Gasteiger charge is -2.28. The first-order valence-corrected chi connectivity index (χ1v) is 7.03. The molecule has 1 saturated heterocycles. The van der Waals surface area contributed by atoms with Crippen molar-refractivity contribution in [3.63, 3.8) is 0 Å². The van der Waals surface area contributed by atoms with E-state index in [0.717, 1.165) is 5.69 Å². The first-order valence-electron chi connectivity index (χ1n) is 7.03. The molecule has 3 heterocycles. The molecule has 1 aromatic heterocycles. The number of aliphatic hydroxyl groups is 1. The molecule has 0 radical (unpaired) electrons. The fraction of sp³-hybridized carbons (Fsp3) is 0.438. The molecule has 0 spiro atoms. The molecule has 20 heavy (non-hydrogen) atoms. The van der Waals surface area contributed by atoms with Gasteiger partial charge in [-0.25, -0.2) is 4.98 Å². The molecule has 0 bridgehead atoms. The lowest BCUT2D eigenvalue weighted by molar-refractivity contribution is -0.0321. The van der Waals surface area contributed by atoms with Crippen LogP contribution in [0.2, 0.25) is 0 Å². The van der Waals surface area contributed by atoms with Crippen molar-refractivity contribution in [1.82, 2.24) is 9.55 Å². The van der Waals surface area contributed by atoms with E-state index in [2.05, 4.69) is 27.8 Å². The van der Waals surface area contributed by atoms with E-state index in [1.165, 1.54) is 11.1 Å². The second-order valence-corrected chi connectivity index (χ2v) is 6.24. The second kappa shape index (κ2) is 3.93. The molecule has 0 aliphatic carbocycles. The molecule has 4 rings (SSSR count). The molecule has 2 aromatic rings. The van der Waals surface area contributed by atoms with Gasteiger partial charge in [0.15, 0.2) is 0 Å². The number of hydrogen-bond acceptors (Lipinski definition) is 3. The monoisotopic (exact) mass is 270 g/mol. The zero-order valence-electron chi connectivity index (χ0n) is 11.7. The minimum absolute atomic E-state index is 0.0570. The third-order valence-electron chi connectivity index (χ3n) is 4.69. The number of fused-ring (bicyclic) bond motifs is 3. The molecule has 1 aromatic carbocycles. The van der Waals surface area contributed by atoms with Gasteiger partial charge in [0.25, 0.3) is 0 Å². The summed E-state index contributed by atoms with van der Waals surface area (Å²) in [5.41, 5.74) is 3.12. The summed E-state index contributed by atoms with van der Waals surface area (Å²) < 4.78 is 7.97. The highest BCUT2D eigenvalue weighted by molar-refractivity contribution is 5.69. The number of aliphatic hydroxyl groups excluding tert-OH is 1. The van der Waals surface area contributed by atoms with Crippen LogP contribution >= 0.6 is 0 Å². The van der Waals surface area contributed by atoms with Gasteiger partial charge in [-0.05, 0) is 19.4 Å². The van der Waals surface area contributed by atoms with E-state index in [9.17, 15) is 5.11 Å². The smallest absolute Gasteiger partial charge is 0.0956 e. The molecule has 1 unspecified atom stereocenters. The van der Waals surface area contributed by atoms with Crippen LogP contribution in [0.5, 0.6) is 0 Å². The van der Waals surface area contributed by atoms with Crippen LogP contribution in [0.4, 0.5) is 0 Å². The van der Waals surface area contributed by atoms with Crippen molar-refractivity contribution in [3.8, 4) is 11.3 Å². The summed E-state index contributed by atoms with van der Waals surface area (Å²) in [6, 6.07) is 8.48. The summed E-state index contributed by atoms with van der Waals surface area (Å²) >= 11 is 0. The highest BCUT2D eigenvalue weighted by Gasteiger charge is 2.48. The molecule has 4 heteroatoms. The summed E-state index contributed by atoms with van der Waals surface area (Å²) in [6.45, 7) is 4.48. The Labute approximate surface area is 118 Å². The summed E-state index contributed by atoms with van der Waals surface area (Å²) in [4.78, 5) is 4.27. The zero-order valence-corrected chi connectivity index (χ0v) is 11.7. The van der Waals surface area contributed by atoms with E-state index < -0.39 is 11.7 Å². The largest absolute Gasteiger partial charge is 0.390 e. The van der Waals surface area contributed by atoms with Crippen LogP contribution in [0.25, 0.3) is 11.3 Å². The highest BCUT2D eigenvalue weighted by Crippen LogP contribution is 2.47. The van der Waals surface area contributed by atoms with Crippen LogP contribution in [0.15, 0.2) is 36.8 Å². The van der Waals surface area contributed by atoms with Crippen molar-refractivity contribution in [3.05, 3.63) is 42.4 Å². The van der Waals surface area contributed by atoms with Gasteiger partial charge in [0, 0.05) is 11.5 Å². The normalized spacial score (nSPS) is 30.2. The molecule has 3 atom stereocenters. The Kier molecular flexibility index (Phi) is 2.38. The lowest BCUT2D eigenvalue weighted by Crippen LogP contribution is -2.38. The fourth-order valence-electron chi connectivity index (χ4n) is 3.58. The summed E-state index contributed by atoms with van der Waals surface area (Å²) in [5, 5.41) is 10.6. The molecule has 2 aliphatic rings. The Bertz CT molecular complexity index is 662. The first-order chi connectivity index (χ1) is 9.59. The Hall–Kier alpha value is -1.65. The molecule has 0 amide bonds. The van der Waals surface area contributed by atoms with Crippen molar-refractivity contribution in [2.24, 2.45) is 5.92 Å². The van der Waals surface area contributed by atoms with Crippen LogP contribution in [0.1, 0.15) is 25.5 Å². The van der Waals surface area contributed by atoms with Crippen molar-refractivity contribution in [2.75, 3.05) is 6.61 Å². The number of benzene rings is 1. The molecular weight excluding hydrogens is 252 g/mol. The van der Waals surface area contributed by atoms with Gasteiger partial charge in [-0.15, -0.1) is 0 Å². The Morgan fingerprint density at radius 1 is 1.35 bits per heavy atom. The molecule has 0 saturated carbocycles. The Morgan fingerprint density at radius 2 is 2.15 bits per heavy atom. The number of nitrogens with zero attached hydrogens (tertiary/aromatic N) is 2. The molecular formula is C16H18N2O2. The number of hydrogen-bond donors (Lipinski definition) is 1. The van der Waals surface area contributed by atoms with E-state index in [4.69, 9.17) is 4.74 Å². The lowest BCUT2D eigenvalue weighted by atomic mass is 9.85. The van der Waals surface area contributed by atoms with Gasteiger partial charge in [-0.3, -0.25) is 0 Å². The quantitative estimate of drug-likeness (QED) is 0.864. The predicted octanol–water partition coefficient (Wildman–Crippen LogP) is 2.24. The van der Waals surface area contributed by atoms with Crippen LogP contribution in [-0.2, 0) is 4.74 Å². The maximum atomic E-state index is 10.6.